The first-order valence-electron chi connectivity index (χ1n) is 7.50. The van der Waals surface area contributed by atoms with Crippen molar-refractivity contribution in [2.75, 3.05) is 11.9 Å². The molecule has 2 aromatic rings. The molecule has 132 valence electrons. The summed E-state index contributed by atoms with van der Waals surface area (Å²) in [7, 11) is 0. The SMILES string of the molecule is Cc1cc(OCC(=O)OC(C)C(=O)Nc2cccc(F)c2)ccc1Cl. The van der Waals surface area contributed by atoms with Gasteiger partial charge in [-0.2, -0.15) is 0 Å². The summed E-state index contributed by atoms with van der Waals surface area (Å²) >= 11 is 5.91. The van der Waals surface area contributed by atoms with Gasteiger partial charge in [-0.3, -0.25) is 4.79 Å². The Morgan fingerprint density at radius 1 is 1.24 bits per heavy atom. The molecule has 0 saturated heterocycles. The van der Waals surface area contributed by atoms with Crippen LogP contribution in [0, 0.1) is 12.7 Å². The number of hydrogen-bond acceptors (Lipinski definition) is 4. The van der Waals surface area contributed by atoms with E-state index in [1.54, 1.807) is 18.2 Å². The van der Waals surface area contributed by atoms with Crippen molar-refractivity contribution in [2.24, 2.45) is 0 Å². The highest BCUT2D eigenvalue weighted by molar-refractivity contribution is 6.31. The second-order valence-electron chi connectivity index (χ2n) is 5.33. The van der Waals surface area contributed by atoms with E-state index in [1.807, 2.05) is 6.92 Å². The molecule has 0 heterocycles. The predicted molar refractivity (Wildman–Crippen MR) is 92.3 cm³/mol. The van der Waals surface area contributed by atoms with Gasteiger partial charge in [0.25, 0.3) is 5.91 Å². The molecule has 25 heavy (non-hydrogen) atoms. The highest BCUT2D eigenvalue weighted by Crippen LogP contribution is 2.21. The number of amides is 1. The lowest BCUT2D eigenvalue weighted by Crippen LogP contribution is -2.31. The Morgan fingerprint density at radius 2 is 2.00 bits per heavy atom. The quantitative estimate of drug-likeness (QED) is 0.792. The van der Waals surface area contributed by atoms with E-state index in [0.717, 1.165) is 5.56 Å². The van der Waals surface area contributed by atoms with E-state index < -0.39 is 23.8 Å². The van der Waals surface area contributed by atoms with E-state index in [1.165, 1.54) is 31.2 Å². The molecule has 7 heteroatoms. The molecule has 5 nitrogen and oxygen atoms in total. The molecular weight excluding hydrogens is 349 g/mol. The van der Waals surface area contributed by atoms with Crippen LogP contribution in [0.25, 0.3) is 0 Å². The van der Waals surface area contributed by atoms with Gasteiger partial charge in [-0.15, -0.1) is 0 Å². The molecule has 0 aliphatic heterocycles. The summed E-state index contributed by atoms with van der Waals surface area (Å²) in [5, 5.41) is 3.06. The van der Waals surface area contributed by atoms with Crippen molar-refractivity contribution >= 4 is 29.2 Å². The third-order valence-corrected chi connectivity index (χ3v) is 3.68. The van der Waals surface area contributed by atoms with Crippen LogP contribution in [0.2, 0.25) is 5.02 Å². The lowest BCUT2D eigenvalue weighted by Gasteiger charge is -2.14. The van der Waals surface area contributed by atoms with Gasteiger partial charge in [-0.1, -0.05) is 17.7 Å². The maximum atomic E-state index is 13.1. The topological polar surface area (TPSA) is 64.6 Å². The van der Waals surface area contributed by atoms with Gasteiger partial charge < -0.3 is 14.8 Å². The second-order valence-corrected chi connectivity index (χ2v) is 5.74. The van der Waals surface area contributed by atoms with Crippen LogP contribution in [0.5, 0.6) is 5.75 Å². The fourth-order valence-corrected chi connectivity index (χ4v) is 2.06. The van der Waals surface area contributed by atoms with Crippen LogP contribution in [0.4, 0.5) is 10.1 Å². The van der Waals surface area contributed by atoms with E-state index in [4.69, 9.17) is 21.1 Å². The van der Waals surface area contributed by atoms with Crippen LogP contribution in [-0.2, 0) is 14.3 Å². The van der Waals surface area contributed by atoms with Gasteiger partial charge in [0.1, 0.15) is 11.6 Å². The number of nitrogens with one attached hydrogen (secondary N) is 1. The number of benzene rings is 2. The Morgan fingerprint density at radius 3 is 2.68 bits per heavy atom. The Bertz CT molecular complexity index is 781. The van der Waals surface area contributed by atoms with E-state index in [0.29, 0.717) is 10.8 Å². The van der Waals surface area contributed by atoms with Gasteiger partial charge in [0.2, 0.25) is 0 Å². The molecular formula is C18H17ClFNO4. The van der Waals surface area contributed by atoms with Crippen molar-refractivity contribution in [1.29, 1.82) is 0 Å². The standard InChI is InChI=1S/C18H17ClFNO4/c1-11-8-15(6-7-16(11)19)24-10-17(22)25-12(2)18(23)21-14-5-3-4-13(20)9-14/h3-9,12H,10H2,1-2H3,(H,21,23). The Hall–Kier alpha value is -2.60. The molecule has 0 fully saturated rings. The number of anilines is 1. The first kappa shape index (κ1) is 18.7. The van der Waals surface area contributed by atoms with E-state index in [9.17, 15) is 14.0 Å². The third-order valence-electron chi connectivity index (χ3n) is 3.26. The Labute approximate surface area is 149 Å². The van der Waals surface area contributed by atoms with E-state index >= 15 is 0 Å². The number of rotatable bonds is 6. The highest BCUT2D eigenvalue weighted by atomic mass is 35.5. The first-order chi connectivity index (χ1) is 11.8. The number of ether oxygens (including phenoxy) is 2. The molecule has 1 N–H and O–H groups in total. The largest absolute Gasteiger partial charge is 0.482 e. The second kappa shape index (κ2) is 8.48. The van der Waals surface area contributed by atoms with Crippen LogP contribution in [-0.4, -0.2) is 24.6 Å². The number of hydrogen-bond donors (Lipinski definition) is 1. The van der Waals surface area contributed by atoms with Crippen LogP contribution in [0.1, 0.15) is 12.5 Å². The van der Waals surface area contributed by atoms with Gasteiger partial charge >= 0.3 is 5.97 Å². The fraction of sp³-hybridized carbons (Fsp3) is 0.222. The zero-order chi connectivity index (χ0) is 18.4. The monoisotopic (exact) mass is 365 g/mol. The van der Waals surface area contributed by atoms with Crippen molar-refractivity contribution in [3.8, 4) is 5.75 Å². The molecule has 2 aromatic carbocycles. The number of halogens is 2. The summed E-state index contributed by atoms with van der Waals surface area (Å²) in [6, 6.07) is 10.4. The van der Waals surface area contributed by atoms with Crippen molar-refractivity contribution in [3.05, 3.63) is 58.9 Å². The molecule has 1 unspecified atom stereocenters. The summed E-state index contributed by atoms with van der Waals surface area (Å²) in [6.07, 6.45) is -1.05. The minimum atomic E-state index is -1.05. The molecule has 0 spiro atoms. The summed E-state index contributed by atoms with van der Waals surface area (Å²) < 4.78 is 23.4. The number of carbonyl (C=O) groups excluding carboxylic acids is 2. The normalized spacial score (nSPS) is 11.5. The number of carbonyl (C=O) groups is 2. The molecule has 0 aliphatic carbocycles. The molecule has 1 atom stereocenters. The molecule has 0 aromatic heterocycles. The summed E-state index contributed by atoms with van der Waals surface area (Å²) in [5.74, 6) is -1.28. The lowest BCUT2D eigenvalue weighted by molar-refractivity contribution is -0.155. The molecule has 0 radical (unpaired) electrons. The van der Waals surface area contributed by atoms with E-state index in [-0.39, 0.29) is 12.3 Å². The summed E-state index contributed by atoms with van der Waals surface area (Å²) in [6.45, 7) is 2.88. The maximum Gasteiger partial charge on any atom is 0.344 e. The van der Waals surface area contributed by atoms with Crippen LogP contribution < -0.4 is 10.1 Å². The molecule has 0 saturated carbocycles. The zero-order valence-corrected chi connectivity index (χ0v) is 14.5. The van der Waals surface area contributed by atoms with Gasteiger partial charge in [0.15, 0.2) is 12.7 Å². The smallest absolute Gasteiger partial charge is 0.344 e. The highest BCUT2D eigenvalue weighted by Gasteiger charge is 2.18. The van der Waals surface area contributed by atoms with Crippen molar-refractivity contribution < 1.29 is 23.5 Å². The molecule has 0 aliphatic rings. The van der Waals surface area contributed by atoms with Crippen molar-refractivity contribution in [3.63, 3.8) is 0 Å². The third kappa shape index (κ3) is 5.76. The minimum absolute atomic E-state index is 0.279. The van der Waals surface area contributed by atoms with Crippen molar-refractivity contribution in [2.45, 2.75) is 20.0 Å². The average Bonchev–Trinajstić information content (AvgIpc) is 2.56. The number of esters is 1. The summed E-state index contributed by atoms with van der Waals surface area (Å²) in [4.78, 5) is 23.7. The number of aryl methyl sites for hydroxylation is 1. The maximum absolute atomic E-state index is 13.1. The zero-order valence-electron chi connectivity index (χ0n) is 13.7. The van der Waals surface area contributed by atoms with Crippen LogP contribution >= 0.6 is 11.6 Å². The lowest BCUT2D eigenvalue weighted by atomic mass is 10.2. The average molecular weight is 366 g/mol. The van der Waals surface area contributed by atoms with Crippen LogP contribution in [0.15, 0.2) is 42.5 Å². The van der Waals surface area contributed by atoms with Crippen LogP contribution in [0.3, 0.4) is 0 Å². The minimum Gasteiger partial charge on any atom is -0.482 e. The van der Waals surface area contributed by atoms with Gasteiger partial charge in [-0.25, -0.2) is 9.18 Å². The molecule has 1 amide bonds. The Kier molecular flexibility index (Phi) is 6.36. The molecule has 0 bridgehead atoms. The van der Waals surface area contributed by atoms with Gasteiger partial charge in [0.05, 0.1) is 0 Å². The predicted octanol–water partition coefficient (Wildman–Crippen LogP) is 3.74. The summed E-state index contributed by atoms with van der Waals surface area (Å²) in [5.41, 5.74) is 1.09. The van der Waals surface area contributed by atoms with E-state index in [2.05, 4.69) is 5.32 Å². The molecule has 2 rings (SSSR count). The van der Waals surface area contributed by atoms with Crippen molar-refractivity contribution in [1.82, 2.24) is 0 Å². The first-order valence-corrected chi connectivity index (χ1v) is 7.88. The van der Waals surface area contributed by atoms with Gasteiger partial charge in [-0.05, 0) is 55.8 Å². The van der Waals surface area contributed by atoms with Gasteiger partial charge in [0, 0.05) is 10.7 Å². The fourth-order valence-electron chi connectivity index (χ4n) is 1.94. The Balaban J connectivity index is 1.82.